The zero-order chi connectivity index (χ0) is 12.7. The number of rotatable bonds is 1. The van der Waals surface area contributed by atoms with Gasteiger partial charge in [0, 0.05) is 12.6 Å². The summed E-state index contributed by atoms with van der Waals surface area (Å²) < 4.78 is 0. The van der Waals surface area contributed by atoms with E-state index in [1.807, 2.05) is 0 Å². The predicted molar refractivity (Wildman–Crippen MR) is 78.2 cm³/mol. The van der Waals surface area contributed by atoms with Crippen molar-refractivity contribution in [2.45, 2.75) is 31.7 Å². The number of likely N-dealkylation sites (tertiary alicyclic amines) is 1. The van der Waals surface area contributed by atoms with Crippen LogP contribution in [0.25, 0.3) is 0 Å². The molecule has 0 spiro atoms. The summed E-state index contributed by atoms with van der Waals surface area (Å²) in [6, 6.07) is 9.84. The van der Waals surface area contributed by atoms with Crippen LogP contribution in [0, 0.1) is 11.8 Å². The first kappa shape index (κ1) is 11.9. The summed E-state index contributed by atoms with van der Waals surface area (Å²) in [5, 5.41) is 3.58. The van der Waals surface area contributed by atoms with E-state index in [0.717, 1.165) is 11.8 Å². The summed E-state index contributed by atoms with van der Waals surface area (Å²) in [6.07, 6.45) is 5.41. The predicted octanol–water partition coefficient (Wildman–Crippen LogP) is 2.61. The quantitative estimate of drug-likeness (QED) is 0.831. The Hall–Kier alpha value is -0.860. The van der Waals surface area contributed by atoms with E-state index in [0.29, 0.717) is 6.04 Å². The number of piperidine rings is 1. The number of fused-ring (bicyclic) bond motifs is 2. The molecule has 102 valence electrons. The first-order valence-corrected chi connectivity index (χ1v) is 7.94. The van der Waals surface area contributed by atoms with Crippen molar-refractivity contribution in [3.8, 4) is 0 Å². The average Bonchev–Trinajstić information content (AvgIpc) is 2.94. The Morgan fingerprint density at radius 2 is 1.95 bits per heavy atom. The summed E-state index contributed by atoms with van der Waals surface area (Å²) in [5.74, 6) is 1.86. The van der Waals surface area contributed by atoms with Crippen LogP contribution in [0.15, 0.2) is 24.3 Å². The maximum Gasteiger partial charge on any atom is 0.0351 e. The highest BCUT2D eigenvalue weighted by molar-refractivity contribution is 5.32. The maximum atomic E-state index is 3.58. The average molecular weight is 256 g/mol. The number of nitrogens with zero attached hydrogens (tertiary/aromatic N) is 1. The van der Waals surface area contributed by atoms with Crippen LogP contribution in [0.3, 0.4) is 0 Å². The summed E-state index contributed by atoms with van der Waals surface area (Å²) in [6.45, 7) is 5.13. The lowest BCUT2D eigenvalue weighted by molar-refractivity contribution is 0.0938. The molecule has 2 fully saturated rings. The third kappa shape index (κ3) is 2.11. The van der Waals surface area contributed by atoms with Gasteiger partial charge in [0.25, 0.3) is 0 Å². The molecule has 2 saturated heterocycles. The number of aryl methyl sites for hydroxylation is 1. The van der Waals surface area contributed by atoms with Gasteiger partial charge in [0.2, 0.25) is 0 Å². The van der Waals surface area contributed by atoms with E-state index in [-0.39, 0.29) is 0 Å². The molecule has 0 saturated carbocycles. The minimum absolute atomic E-state index is 0.700. The van der Waals surface area contributed by atoms with E-state index in [4.69, 9.17) is 0 Å². The van der Waals surface area contributed by atoms with Crippen molar-refractivity contribution < 1.29 is 0 Å². The van der Waals surface area contributed by atoms with Gasteiger partial charge in [-0.05, 0) is 68.3 Å². The summed E-state index contributed by atoms with van der Waals surface area (Å²) in [4.78, 5) is 2.78. The van der Waals surface area contributed by atoms with Crippen LogP contribution < -0.4 is 5.32 Å². The van der Waals surface area contributed by atoms with Gasteiger partial charge in [-0.3, -0.25) is 4.90 Å². The second-order valence-corrected chi connectivity index (χ2v) is 6.57. The minimum Gasteiger partial charge on any atom is -0.316 e. The molecule has 2 aliphatic heterocycles. The molecule has 0 amide bonds. The van der Waals surface area contributed by atoms with Crippen molar-refractivity contribution in [1.29, 1.82) is 0 Å². The largest absolute Gasteiger partial charge is 0.316 e. The Labute approximate surface area is 116 Å². The molecule has 1 aromatic rings. The van der Waals surface area contributed by atoms with Crippen LogP contribution in [0.2, 0.25) is 0 Å². The monoisotopic (exact) mass is 256 g/mol. The molecule has 3 atom stereocenters. The Balaban J connectivity index is 1.57. The molecule has 1 N–H and O–H groups in total. The second kappa shape index (κ2) is 4.92. The van der Waals surface area contributed by atoms with Gasteiger partial charge in [-0.15, -0.1) is 0 Å². The molecule has 2 nitrogen and oxygen atoms in total. The standard InChI is InChI=1S/C17H24N2/c1-2-6-16-13(4-1)5-3-7-17(16)19-9-8-14-10-18-11-15(14)12-19/h1-2,4,6,14-15,17-18H,3,5,7-12H2. The van der Waals surface area contributed by atoms with Crippen LogP contribution in [0.5, 0.6) is 0 Å². The number of benzene rings is 1. The number of nitrogens with one attached hydrogen (secondary N) is 1. The van der Waals surface area contributed by atoms with Gasteiger partial charge in [0.15, 0.2) is 0 Å². The highest BCUT2D eigenvalue weighted by atomic mass is 15.2. The molecule has 0 aromatic heterocycles. The van der Waals surface area contributed by atoms with Crippen molar-refractivity contribution in [2.24, 2.45) is 11.8 Å². The topological polar surface area (TPSA) is 15.3 Å². The van der Waals surface area contributed by atoms with Crippen LogP contribution >= 0.6 is 0 Å². The van der Waals surface area contributed by atoms with E-state index in [1.165, 1.54) is 51.9 Å². The molecule has 0 radical (unpaired) electrons. The van der Waals surface area contributed by atoms with E-state index in [1.54, 1.807) is 11.1 Å². The molecule has 2 heterocycles. The lowest BCUT2D eigenvalue weighted by atomic mass is 9.83. The van der Waals surface area contributed by atoms with E-state index in [2.05, 4.69) is 34.5 Å². The Bertz CT molecular complexity index is 456. The maximum absolute atomic E-state index is 3.58. The Kier molecular flexibility index (Phi) is 3.08. The van der Waals surface area contributed by atoms with E-state index < -0.39 is 0 Å². The molecule has 3 aliphatic rings. The minimum atomic E-state index is 0.700. The molecule has 4 rings (SSSR count). The van der Waals surface area contributed by atoms with Crippen molar-refractivity contribution in [3.05, 3.63) is 35.4 Å². The molecule has 1 aromatic carbocycles. The fourth-order valence-electron chi connectivity index (χ4n) is 4.45. The van der Waals surface area contributed by atoms with Crippen molar-refractivity contribution >= 4 is 0 Å². The molecule has 2 heteroatoms. The molecular weight excluding hydrogens is 232 g/mol. The van der Waals surface area contributed by atoms with Crippen LogP contribution in [0.1, 0.15) is 36.4 Å². The van der Waals surface area contributed by atoms with Gasteiger partial charge in [0.05, 0.1) is 0 Å². The van der Waals surface area contributed by atoms with Gasteiger partial charge < -0.3 is 5.32 Å². The van der Waals surface area contributed by atoms with E-state index >= 15 is 0 Å². The molecular formula is C17H24N2. The third-order valence-corrected chi connectivity index (χ3v) is 5.51. The smallest absolute Gasteiger partial charge is 0.0351 e. The Morgan fingerprint density at radius 1 is 1.05 bits per heavy atom. The van der Waals surface area contributed by atoms with Crippen LogP contribution in [-0.4, -0.2) is 31.1 Å². The number of hydrogen-bond donors (Lipinski definition) is 1. The van der Waals surface area contributed by atoms with E-state index in [9.17, 15) is 0 Å². The summed E-state index contributed by atoms with van der Waals surface area (Å²) >= 11 is 0. The van der Waals surface area contributed by atoms with Crippen molar-refractivity contribution in [2.75, 3.05) is 26.2 Å². The lowest BCUT2D eigenvalue weighted by Crippen LogP contribution is -2.42. The first-order chi connectivity index (χ1) is 9.42. The fourth-order valence-corrected chi connectivity index (χ4v) is 4.45. The van der Waals surface area contributed by atoms with Crippen LogP contribution in [-0.2, 0) is 6.42 Å². The summed E-state index contributed by atoms with van der Waals surface area (Å²) in [5.41, 5.74) is 3.23. The van der Waals surface area contributed by atoms with Gasteiger partial charge >= 0.3 is 0 Å². The molecule has 0 bridgehead atoms. The third-order valence-electron chi connectivity index (χ3n) is 5.51. The lowest BCUT2D eigenvalue weighted by Gasteiger charge is -2.42. The SMILES string of the molecule is c1ccc2c(c1)CCCC2N1CCC2CNCC2C1. The van der Waals surface area contributed by atoms with Gasteiger partial charge in [0.1, 0.15) is 0 Å². The first-order valence-electron chi connectivity index (χ1n) is 7.94. The van der Waals surface area contributed by atoms with Gasteiger partial charge in [-0.1, -0.05) is 24.3 Å². The molecule has 3 unspecified atom stereocenters. The van der Waals surface area contributed by atoms with Gasteiger partial charge in [-0.25, -0.2) is 0 Å². The fraction of sp³-hybridized carbons (Fsp3) is 0.647. The van der Waals surface area contributed by atoms with Gasteiger partial charge in [-0.2, -0.15) is 0 Å². The van der Waals surface area contributed by atoms with Crippen LogP contribution in [0.4, 0.5) is 0 Å². The molecule has 19 heavy (non-hydrogen) atoms. The molecule has 1 aliphatic carbocycles. The second-order valence-electron chi connectivity index (χ2n) is 6.57. The summed E-state index contributed by atoms with van der Waals surface area (Å²) in [7, 11) is 0. The zero-order valence-corrected chi connectivity index (χ0v) is 11.6. The highest BCUT2D eigenvalue weighted by Crippen LogP contribution is 2.38. The van der Waals surface area contributed by atoms with Crippen molar-refractivity contribution in [1.82, 2.24) is 10.2 Å². The normalized spacial score (nSPS) is 34.8. The number of hydrogen-bond acceptors (Lipinski definition) is 2. The Morgan fingerprint density at radius 3 is 2.95 bits per heavy atom. The zero-order valence-electron chi connectivity index (χ0n) is 11.6. The van der Waals surface area contributed by atoms with Crippen molar-refractivity contribution in [3.63, 3.8) is 0 Å². The highest BCUT2D eigenvalue weighted by Gasteiger charge is 2.36.